The lowest BCUT2D eigenvalue weighted by Gasteiger charge is -2.33. The van der Waals surface area contributed by atoms with Crippen LogP contribution >= 0.6 is 0 Å². The molecule has 2 saturated heterocycles. The molecule has 0 aromatic heterocycles. The zero-order valence-electron chi connectivity index (χ0n) is 6.88. The Hall–Kier alpha value is -0.130. The van der Waals surface area contributed by atoms with Crippen molar-refractivity contribution < 1.29 is 13.2 Å². The van der Waals surface area contributed by atoms with Gasteiger partial charge in [0.2, 0.25) is 0 Å². The lowest BCUT2D eigenvalue weighted by atomic mass is 9.99. The minimum absolute atomic E-state index is 0.250. The molecule has 0 amide bonds. The highest BCUT2D eigenvalue weighted by Gasteiger charge is 2.43. The van der Waals surface area contributed by atoms with E-state index in [4.69, 9.17) is 4.74 Å². The molecule has 2 fully saturated rings. The summed E-state index contributed by atoms with van der Waals surface area (Å²) in [5.74, 6) is 0.559. The van der Waals surface area contributed by atoms with E-state index in [-0.39, 0.29) is 11.3 Å². The van der Waals surface area contributed by atoms with Crippen LogP contribution in [0.15, 0.2) is 0 Å². The molecule has 1 N–H and O–H groups in total. The summed E-state index contributed by atoms with van der Waals surface area (Å²) >= 11 is 0. The molecule has 0 aromatic carbocycles. The molecule has 1 atom stereocenters. The number of rotatable bonds is 0. The predicted octanol–water partition coefficient (Wildman–Crippen LogP) is -0.836. The normalized spacial score (nSPS) is 40.3. The largest absolute Gasteiger partial charge is 0.378 e. The van der Waals surface area contributed by atoms with Gasteiger partial charge in [0.25, 0.3) is 0 Å². The third-order valence-electron chi connectivity index (χ3n) is 2.51. The van der Waals surface area contributed by atoms with Crippen molar-refractivity contribution in [3.63, 3.8) is 0 Å². The van der Waals surface area contributed by atoms with Crippen molar-refractivity contribution in [2.45, 2.75) is 12.0 Å². The van der Waals surface area contributed by atoms with Gasteiger partial charge in [0.05, 0.1) is 30.3 Å². The van der Waals surface area contributed by atoms with Crippen LogP contribution in [0.3, 0.4) is 0 Å². The number of ether oxygens (including phenoxy) is 1. The number of morpholine rings is 1. The first-order chi connectivity index (χ1) is 5.62. The van der Waals surface area contributed by atoms with Crippen LogP contribution in [0.2, 0.25) is 0 Å². The van der Waals surface area contributed by atoms with E-state index in [1.807, 2.05) is 0 Å². The molecule has 5 heteroatoms. The molecular weight excluding hydrogens is 178 g/mol. The highest BCUT2D eigenvalue weighted by atomic mass is 32.2. The molecule has 2 heterocycles. The topological polar surface area (TPSA) is 55.4 Å². The van der Waals surface area contributed by atoms with Crippen LogP contribution in [0.1, 0.15) is 6.42 Å². The van der Waals surface area contributed by atoms with E-state index in [2.05, 4.69) is 5.32 Å². The predicted molar refractivity (Wildman–Crippen MR) is 44.8 cm³/mol. The van der Waals surface area contributed by atoms with Gasteiger partial charge in [0, 0.05) is 6.54 Å². The molecular formula is C7H13NO3S. The second-order valence-electron chi connectivity index (χ2n) is 3.60. The third-order valence-corrected chi connectivity index (χ3v) is 4.33. The highest BCUT2D eigenvalue weighted by molar-refractivity contribution is 7.91. The molecule has 0 saturated carbocycles. The molecule has 1 unspecified atom stereocenters. The fourth-order valence-electron chi connectivity index (χ4n) is 1.88. The first kappa shape index (κ1) is 8.47. The van der Waals surface area contributed by atoms with Gasteiger partial charge in [-0.2, -0.15) is 0 Å². The van der Waals surface area contributed by atoms with Gasteiger partial charge < -0.3 is 10.1 Å². The number of hydrogen-bond donors (Lipinski definition) is 1. The average molecular weight is 191 g/mol. The van der Waals surface area contributed by atoms with E-state index in [0.717, 1.165) is 6.54 Å². The van der Waals surface area contributed by atoms with Crippen molar-refractivity contribution in [1.82, 2.24) is 5.32 Å². The molecule has 1 spiro atoms. The van der Waals surface area contributed by atoms with Crippen molar-refractivity contribution in [3.8, 4) is 0 Å². The summed E-state index contributed by atoms with van der Waals surface area (Å²) in [5.41, 5.74) is -0.253. The molecule has 4 nitrogen and oxygen atoms in total. The molecule has 2 aliphatic rings. The maximum atomic E-state index is 11.2. The van der Waals surface area contributed by atoms with Crippen LogP contribution < -0.4 is 5.32 Å². The molecule has 2 rings (SSSR count). The summed E-state index contributed by atoms with van der Waals surface area (Å²) in [6.45, 7) is 2.02. The van der Waals surface area contributed by atoms with E-state index in [1.54, 1.807) is 0 Å². The van der Waals surface area contributed by atoms with Gasteiger partial charge >= 0.3 is 0 Å². The van der Waals surface area contributed by atoms with Crippen LogP contribution in [-0.4, -0.2) is 45.2 Å². The second-order valence-corrected chi connectivity index (χ2v) is 5.79. The summed E-state index contributed by atoms with van der Waals surface area (Å²) in [7, 11) is -2.80. The lowest BCUT2D eigenvalue weighted by molar-refractivity contribution is 0.0386. The minimum Gasteiger partial charge on any atom is -0.378 e. The summed E-state index contributed by atoms with van der Waals surface area (Å²) in [5, 5.41) is 3.25. The zero-order valence-corrected chi connectivity index (χ0v) is 7.69. The van der Waals surface area contributed by atoms with Crippen molar-refractivity contribution >= 4 is 9.84 Å². The second kappa shape index (κ2) is 2.68. The van der Waals surface area contributed by atoms with Crippen molar-refractivity contribution in [2.24, 2.45) is 0 Å². The van der Waals surface area contributed by atoms with Gasteiger partial charge in [0.1, 0.15) is 0 Å². The highest BCUT2D eigenvalue weighted by Crippen LogP contribution is 2.25. The first-order valence-electron chi connectivity index (χ1n) is 4.15. The Kier molecular flexibility index (Phi) is 1.89. The van der Waals surface area contributed by atoms with E-state index >= 15 is 0 Å². The minimum atomic E-state index is -2.80. The Balaban J connectivity index is 2.13. The SMILES string of the molecule is O=S1(=O)CCC2(COCCN2)C1. The summed E-state index contributed by atoms with van der Waals surface area (Å²) in [4.78, 5) is 0. The smallest absolute Gasteiger partial charge is 0.152 e. The molecule has 0 bridgehead atoms. The van der Waals surface area contributed by atoms with Gasteiger partial charge in [-0.25, -0.2) is 8.42 Å². The van der Waals surface area contributed by atoms with Crippen LogP contribution in [0.5, 0.6) is 0 Å². The van der Waals surface area contributed by atoms with Gasteiger partial charge in [-0.05, 0) is 6.42 Å². The molecule has 0 aliphatic carbocycles. The summed E-state index contributed by atoms with van der Waals surface area (Å²) < 4.78 is 27.7. The lowest BCUT2D eigenvalue weighted by Crippen LogP contribution is -2.55. The van der Waals surface area contributed by atoms with Crippen molar-refractivity contribution in [2.75, 3.05) is 31.3 Å². The average Bonchev–Trinajstić information content (AvgIpc) is 2.29. The fraction of sp³-hybridized carbons (Fsp3) is 1.00. The van der Waals surface area contributed by atoms with E-state index < -0.39 is 9.84 Å². The number of hydrogen-bond acceptors (Lipinski definition) is 4. The van der Waals surface area contributed by atoms with Gasteiger partial charge in [0.15, 0.2) is 9.84 Å². The Labute approximate surface area is 72.2 Å². The summed E-state index contributed by atoms with van der Waals surface area (Å²) in [6.07, 6.45) is 0.704. The number of nitrogens with one attached hydrogen (secondary N) is 1. The fourth-order valence-corrected chi connectivity index (χ4v) is 3.89. The standard InChI is InChI=1S/C7H13NO3S/c9-12(10)4-1-7(6-12)5-11-3-2-8-7/h8H,1-6H2. The van der Waals surface area contributed by atoms with Crippen molar-refractivity contribution in [3.05, 3.63) is 0 Å². The van der Waals surface area contributed by atoms with Crippen molar-refractivity contribution in [1.29, 1.82) is 0 Å². The van der Waals surface area contributed by atoms with Gasteiger partial charge in [-0.3, -0.25) is 0 Å². The molecule has 0 radical (unpaired) electrons. The Morgan fingerprint density at radius 1 is 1.42 bits per heavy atom. The Morgan fingerprint density at radius 3 is 2.75 bits per heavy atom. The number of sulfone groups is 1. The van der Waals surface area contributed by atoms with Crippen LogP contribution in [0.4, 0.5) is 0 Å². The molecule has 0 aromatic rings. The quantitative estimate of drug-likeness (QED) is 0.542. The monoisotopic (exact) mass is 191 g/mol. The summed E-state index contributed by atoms with van der Waals surface area (Å²) in [6, 6.07) is 0. The molecule has 2 aliphatic heterocycles. The third kappa shape index (κ3) is 1.48. The zero-order chi connectivity index (χ0) is 8.66. The van der Waals surface area contributed by atoms with Crippen LogP contribution in [0, 0.1) is 0 Å². The van der Waals surface area contributed by atoms with E-state index in [9.17, 15) is 8.42 Å². The van der Waals surface area contributed by atoms with E-state index in [1.165, 1.54) is 0 Å². The maximum Gasteiger partial charge on any atom is 0.152 e. The van der Waals surface area contributed by atoms with E-state index in [0.29, 0.717) is 25.4 Å². The molecule has 12 heavy (non-hydrogen) atoms. The Morgan fingerprint density at radius 2 is 2.25 bits per heavy atom. The van der Waals surface area contributed by atoms with Crippen LogP contribution in [-0.2, 0) is 14.6 Å². The maximum absolute atomic E-state index is 11.2. The van der Waals surface area contributed by atoms with Gasteiger partial charge in [-0.15, -0.1) is 0 Å². The van der Waals surface area contributed by atoms with Gasteiger partial charge in [-0.1, -0.05) is 0 Å². The Bertz CT molecular complexity index is 266. The molecule has 70 valence electrons. The first-order valence-corrected chi connectivity index (χ1v) is 5.97. The van der Waals surface area contributed by atoms with Crippen LogP contribution in [0.25, 0.3) is 0 Å².